The number of aliphatic hydroxyl groups is 3. The van der Waals surface area contributed by atoms with Crippen LogP contribution in [0.5, 0.6) is 0 Å². The van der Waals surface area contributed by atoms with Crippen molar-refractivity contribution in [2.24, 2.45) is 22.7 Å². The summed E-state index contributed by atoms with van der Waals surface area (Å²) in [6, 6.07) is 0. The summed E-state index contributed by atoms with van der Waals surface area (Å²) in [5, 5.41) is 32.7. The minimum absolute atomic E-state index is 0.118. The van der Waals surface area contributed by atoms with E-state index in [4.69, 9.17) is 0 Å². The molecule has 0 aliphatic heterocycles. The highest BCUT2D eigenvalue weighted by Gasteiger charge is 2.75. The number of hydrogen-bond acceptors (Lipinski definition) is 5. The van der Waals surface area contributed by atoms with Crippen LogP contribution in [0.25, 0.3) is 0 Å². The Hall–Kier alpha value is -1.37. The van der Waals surface area contributed by atoms with Crippen molar-refractivity contribution in [2.45, 2.75) is 69.9 Å². The topological polar surface area (TPSA) is 94.8 Å². The van der Waals surface area contributed by atoms with Gasteiger partial charge in [0.05, 0.1) is 12.2 Å². The van der Waals surface area contributed by atoms with Crippen molar-refractivity contribution in [1.29, 1.82) is 0 Å². The first kappa shape index (κ1) is 19.0. The van der Waals surface area contributed by atoms with Gasteiger partial charge in [0.15, 0.2) is 22.8 Å². The lowest BCUT2D eigenvalue weighted by atomic mass is 9.44. The molecule has 4 aliphatic rings. The van der Waals surface area contributed by atoms with Gasteiger partial charge in [0.2, 0.25) is 0 Å². The number of carbonyl (C=O) groups is 2. The van der Waals surface area contributed by atoms with E-state index >= 15 is 4.39 Å². The van der Waals surface area contributed by atoms with Gasteiger partial charge in [0.25, 0.3) is 0 Å². The number of hydrogen-bond donors (Lipinski definition) is 3. The van der Waals surface area contributed by atoms with Crippen molar-refractivity contribution in [1.82, 2.24) is 0 Å². The largest absolute Gasteiger partial charge is 0.390 e. The molecule has 3 saturated carbocycles. The molecule has 0 aromatic carbocycles. The van der Waals surface area contributed by atoms with Crippen LogP contribution in [0.15, 0.2) is 23.8 Å². The number of ketones is 2. The quantitative estimate of drug-likeness (QED) is 0.645. The van der Waals surface area contributed by atoms with Gasteiger partial charge in [-0.2, -0.15) is 0 Å². The summed E-state index contributed by atoms with van der Waals surface area (Å²) < 4.78 is 16.7. The molecule has 0 saturated heterocycles. The van der Waals surface area contributed by atoms with Crippen LogP contribution < -0.4 is 0 Å². The first-order valence-corrected chi connectivity index (χ1v) is 9.65. The molecule has 3 fully saturated rings. The molecule has 0 spiro atoms. The van der Waals surface area contributed by atoms with Crippen LogP contribution in [0.2, 0.25) is 0 Å². The summed E-state index contributed by atoms with van der Waals surface area (Å²) in [6.45, 7) is 4.63. The van der Waals surface area contributed by atoms with Crippen molar-refractivity contribution in [3.8, 4) is 0 Å². The number of allylic oxidation sites excluding steroid dienone is 4. The lowest BCUT2D eigenvalue weighted by Gasteiger charge is -2.62. The van der Waals surface area contributed by atoms with E-state index in [0.29, 0.717) is 18.4 Å². The third kappa shape index (κ3) is 1.94. The zero-order chi connectivity index (χ0) is 20.0. The third-order valence-electron chi connectivity index (χ3n) is 8.40. The molecule has 5 nitrogen and oxygen atoms in total. The highest BCUT2D eigenvalue weighted by molar-refractivity contribution is 6.01. The van der Waals surface area contributed by atoms with Gasteiger partial charge < -0.3 is 15.3 Å². The fraction of sp³-hybridized carbons (Fsp3) is 0.714. The van der Waals surface area contributed by atoms with Crippen molar-refractivity contribution in [3.05, 3.63) is 23.8 Å². The number of carbonyl (C=O) groups excluding carboxylic acids is 2. The molecule has 3 N–H and O–H groups in total. The number of fused-ring (bicyclic) bond motifs is 5. The molecule has 27 heavy (non-hydrogen) atoms. The van der Waals surface area contributed by atoms with Crippen LogP contribution in [0, 0.1) is 22.7 Å². The van der Waals surface area contributed by atoms with Gasteiger partial charge in [0.1, 0.15) is 0 Å². The molecule has 4 aliphatic carbocycles. The Labute approximate surface area is 158 Å². The van der Waals surface area contributed by atoms with Crippen molar-refractivity contribution in [2.75, 3.05) is 0 Å². The summed E-state index contributed by atoms with van der Waals surface area (Å²) in [5.74, 6) is -1.81. The first-order valence-electron chi connectivity index (χ1n) is 9.65. The summed E-state index contributed by atoms with van der Waals surface area (Å²) in [4.78, 5) is 24.1. The highest BCUT2D eigenvalue weighted by atomic mass is 19.1. The van der Waals surface area contributed by atoms with Gasteiger partial charge in [-0.25, -0.2) is 4.39 Å². The monoisotopic (exact) mass is 378 g/mol. The van der Waals surface area contributed by atoms with E-state index in [1.54, 1.807) is 19.9 Å². The molecule has 0 aromatic rings. The second-order valence-corrected chi connectivity index (χ2v) is 9.34. The minimum atomic E-state index is -2.03. The van der Waals surface area contributed by atoms with Crippen molar-refractivity contribution < 1.29 is 29.3 Å². The molecule has 148 valence electrons. The third-order valence-corrected chi connectivity index (χ3v) is 8.40. The SMILES string of the molecule is CC(=O)[C@@]1(O)C(O)C[C@H]2[C@@H]3CCC4=CC(=O)C=C[C@]4(C)[C@@]3(F)C(O)C[C@@]21C. The Morgan fingerprint density at radius 1 is 1.22 bits per heavy atom. The van der Waals surface area contributed by atoms with Gasteiger partial charge >= 0.3 is 0 Å². The van der Waals surface area contributed by atoms with Gasteiger partial charge in [0, 0.05) is 16.7 Å². The molecule has 2 unspecified atom stereocenters. The Bertz CT molecular complexity index is 789. The van der Waals surface area contributed by atoms with Gasteiger partial charge in [-0.1, -0.05) is 18.6 Å². The van der Waals surface area contributed by atoms with E-state index in [0.717, 1.165) is 0 Å². The van der Waals surface area contributed by atoms with E-state index in [2.05, 4.69) is 0 Å². The van der Waals surface area contributed by atoms with E-state index in [-0.39, 0.29) is 18.6 Å². The summed E-state index contributed by atoms with van der Waals surface area (Å²) >= 11 is 0. The van der Waals surface area contributed by atoms with Gasteiger partial charge in [-0.05, 0) is 57.6 Å². The summed E-state index contributed by atoms with van der Waals surface area (Å²) in [5.41, 5.74) is -5.57. The normalized spacial score (nSPS) is 54.0. The van der Waals surface area contributed by atoms with Crippen LogP contribution in [0.3, 0.4) is 0 Å². The average molecular weight is 378 g/mol. The van der Waals surface area contributed by atoms with Crippen molar-refractivity contribution in [3.63, 3.8) is 0 Å². The predicted molar refractivity (Wildman–Crippen MR) is 95.4 cm³/mol. The summed E-state index contributed by atoms with van der Waals surface area (Å²) in [6.07, 6.45) is 2.57. The molecule has 4 rings (SSSR count). The van der Waals surface area contributed by atoms with E-state index < -0.39 is 51.9 Å². The second kappa shape index (κ2) is 5.37. The molecule has 6 heteroatoms. The highest BCUT2D eigenvalue weighted by Crippen LogP contribution is 2.69. The number of alkyl halides is 1. The Balaban J connectivity index is 1.85. The number of halogens is 1. The van der Waals surface area contributed by atoms with Gasteiger partial charge in [-0.15, -0.1) is 0 Å². The molecular weight excluding hydrogens is 351 g/mol. The number of aliphatic hydroxyl groups excluding tert-OH is 2. The maximum atomic E-state index is 16.7. The molecule has 0 heterocycles. The maximum absolute atomic E-state index is 16.7. The molecule has 0 aromatic heterocycles. The fourth-order valence-electron chi connectivity index (χ4n) is 6.86. The van der Waals surface area contributed by atoms with Crippen LogP contribution in [-0.4, -0.2) is 50.4 Å². The zero-order valence-corrected chi connectivity index (χ0v) is 15.9. The molecule has 0 bridgehead atoms. The summed E-state index contributed by atoms with van der Waals surface area (Å²) in [7, 11) is 0. The fourth-order valence-corrected chi connectivity index (χ4v) is 6.86. The molecule has 8 atom stereocenters. The standard InChI is InChI=1S/C21H27FO5/c1-11(23)21(27)16(25)9-15-14-5-4-12-8-13(24)6-7-18(12,2)20(14,22)17(26)10-19(15,21)3/h6-8,14-17,25-27H,4-5,9-10H2,1-3H3/t14-,15-,16?,17?,18-,19-,20-,21+/m0/s1. The Morgan fingerprint density at radius 3 is 2.52 bits per heavy atom. The van der Waals surface area contributed by atoms with E-state index in [1.807, 2.05) is 0 Å². The van der Waals surface area contributed by atoms with Crippen LogP contribution in [0.1, 0.15) is 46.5 Å². The first-order chi connectivity index (χ1) is 12.4. The zero-order valence-electron chi connectivity index (χ0n) is 15.9. The van der Waals surface area contributed by atoms with Crippen LogP contribution >= 0.6 is 0 Å². The molecule has 0 amide bonds. The Morgan fingerprint density at radius 2 is 1.89 bits per heavy atom. The van der Waals surface area contributed by atoms with E-state index in [1.165, 1.54) is 19.1 Å². The average Bonchev–Trinajstić information content (AvgIpc) is 2.79. The lowest BCUT2D eigenvalue weighted by molar-refractivity contribution is -0.220. The van der Waals surface area contributed by atoms with Crippen molar-refractivity contribution >= 4 is 11.6 Å². The van der Waals surface area contributed by atoms with E-state index in [9.17, 15) is 24.9 Å². The number of rotatable bonds is 1. The van der Waals surface area contributed by atoms with Gasteiger partial charge in [-0.3, -0.25) is 9.59 Å². The second-order valence-electron chi connectivity index (χ2n) is 9.34. The Kier molecular flexibility index (Phi) is 3.77. The smallest absolute Gasteiger partial charge is 0.178 e. The minimum Gasteiger partial charge on any atom is -0.390 e. The molecule has 0 radical (unpaired) electrons. The maximum Gasteiger partial charge on any atom is 0.178 e. The number of Topliss-reactive ketones (excluding diaryl/α,β-unsaturated/α-hetero) is 1. The lowest BCUT2D eigenvalue weighted by Crippen LogP contribution is -2.69. The molecular formula is C21H27FO5. The van der Waals surface area contributed by atoms with Crippen LogP contribution in [-0.2, 0) is 9.59 Å². The predicted octanol–water partition coefficient (Wildman–Crippen LogP) is 1.65. The van der Waals surface area contributed by atoms with Crippen LogP contribution in [0.4, 0.5) is 4.39 Å².